The van der Waals surface area contributed by atoms with E-state index in [4.69, 9.17) is 11.6 Å². The van der Waals surface area contributed by atoms with Crippen molar-refractivity contribution in [2.75, 3.05) is 20.1 Å². The third-order valence-electron chi connectivity index (χ3n) is 3.78. The van der Waals surface area contributed by atoms with E-state index in [1.54, 1.807) is 28.6 Å². The Labute approximate surface area is 120 Å². The van der Waals surface area contributed by atoms with Crippen molar-refractivity contribution in [1.82, 2.24) is 9.21 Å². The first kappa shape index (κ1) is 14.8. The fourth-order valence-electron chi connectivity index (χ4n) is 2.31. The number of nitrogens with zero attached hydrogens (tertiary/aromatic N) is 2. The molecule has 0 aliphatic carbocycles. The third kappa shape index (κ3) is 2.94. The monoisotopic (exact) mass is 302 g/mol. The van der Waals surface area contributed by atoms with Crippen LogP contribution in [0.15, 0.2) is 29.2 Å². The van der Waals surface area contributed by atoms with Gasteiger partial charge in [-0.25, -0.2) is 8.42 Å². The molecule has 1 aliphatic heterocycles. The number of rotatable bonds is 2. The van der Waals surface area contributed by atoms with Crippen LogP contribution < -0.4 is 0 Å². The van der Waals surface area contributed by atoms with E-state index in [9.17, 15) is 8.42 Å². The summed E-state index contributed by atoms with van der Waals surface area (Å²) < 4.78 is 26.7. The lowest BCUT2D eigenvalue weighted by Crippen LogP contribution is -2.56. The topological polar surface area (TPSA) is 40.6 Å². The van der Waals surface area contributed by atoms with Crippen molar-refractivity contribution in [3.63, 3.8) is 0 Å². The highest BCUT2D eigenvalue weighted by Gasteiger charge is 2.34. The van der Waals surface area contributed by atoms with E-state index >= 15 is 0 Å². The van der Waals surface area contributed by atoms with Crippen LogP contribution in [0.3, 0.4) is 0 Å². The van der Waals surface area contributed by atoms with Gasteiger partial charge >= 0.3 is 0 Å². The summed E-state index contributed by atoms with van der Waals surface area (Å²) in [4.78, 5) is 2.51. The molecular formula is C13H19ClN2O2S. The van der Waals surface area contributed by atoms with Gasteiger partial charge in [-0.15, -0.1) is 0 Å². The van der Waals surface area contributed by atoms with E-state index in [0.717, 1.165) is 0 Å². The highest BCUT2D eigenvalue weighted by Crippen LogP contribution is 2.23. The molecule has 2 atom stereocenters. The average Bonchev–Trinajstić information content (AvgIpc) is 2.35. The van der Waals surface area contributed by atoms with Crippen LogP contribution in [0.25, 0.3) is 0 Å². The van der Waals surface area contributed by atoms with Gasteiger partial charge in [-0.1, -0.05) is 11.6 Å². The molecule has 2 rings (SSSR count). The lowest BCUT2D eigenvalue weighted by Gasteiger charge is -2.41. The number of hydrogen-bond donors (Lipinski definition) is 0. The Morgan fingerprint density at radius 2 is 1.58 bits per heavy atom. The second-order valence-corrected chi connectivity index (χ2v) is 7.51. The van der Waals surface area contributed by atoms with Crippen molar-refractivity contribution < 1.29 is 8.42 Å². The first-order valence-corrected chi connectivity index (χ1v) is 8.12. The van der Waals surface area contributed by atoms with Crippen molar-refractivity contribution in [3.05, 3.63) is 29.3 Å². The summed E-state index contributed by atoms with van der Waals surface area (Å²) in [5.41, 5.74) is 0. The maximum Gasteiger partial charge on any atom is 0.243 e. The van der Waals surface area contributed by atoms with Crippen molar-refractivity contribution in [2.24, 2.45) is 0 Å². The first-order chi connectivity index (χ1) is 8.82. The van der Waals surface area contributed by atoms with Gasteiger partial charge in [0.15, 0.2) is 0 Å². The number of likely N-dealkylation sites (N-methyl/N-ethyl adjacent to an activating group) is 1. The molecule has 0 amide bonds. The normalized spacial score (nSPS) is 26.5. The van der Waals surface area contributed by atoms with Crippen LogP contribution in [-0.4, -0.2) is 49.8 Å². The maximum absolute atomic E-state index is 12.6. The second-order valence-electron chi connectivity index (χ2n) is 5.14. The van der Waals surface area contributed by atoms with Gasteiger partial charge in [0, 0.05) is 30.2 Å². The molecule has 0 spiro atoms. The highest BCUT2D eigenvalue weighted by molar-refractivity contribution is 7.89. The summed E-state index contributed by atoms with van der Waals surface area (Å²) in [5, 5.41) is 0.541. The van der Waals surface area contributed by atoms with Crippen LogP contribution in [-0.2, 0) is 10.0 Å². The minimum Gasteiger partial charge on any atom is -0.298 e. The molecule has 0 aromatic heterocycles. The molecule has 1 aromatic carbocycles. The predicted molar refractivity (Wildman–Crippen MR) is 76.9 cm³/mol. The molecule has 0 saturated carbocycles. The van der Waals surface area contributed by atoms with E-state index in [-0.39, 0.29) is 12.1 Å². The predicted octanol–water partition coefficient (Wildman–Crippen LogP) is 2.05. The summed E-state index contributed by atoms with van der Waals surface area (Å²) in [6.07, 6.45) is 0. The van der Waals surface area contributed by atoms with Crippen LogP contribution in [0, 0.1) is 0 Å². The van der Waals surface area contributed by atoms with Crippen LogP contribution in [0.1, 0.15) is 13.8 Å². The van der Waals surface area contributed by atoms with Gasteiger partial charge in [0.25, 0.3) is 0 Å². The molecule has 0 N–H and O–H groups in total. The molecule has 0 radical (unpaired) electrons. The van der Waals surface area contributed by atoms with Gasteiger partial charge in [-0.2, -0.15) is 4.31 Å². The summed E-state index contributed by atoms with van der Waals surface area (Å²) in [6, 6.07) is 6.77. The largest absolute Gasteiger partial charge is 0.298 e. The fourth-order valence-corrected chi connectivity index (χ4v) is 4.04. The zero-order chi connectivity index (χ0) is 14.2. The lowest BCUT2D eigenvalue weighted by atomic mass is 10.1. The van der Waals surface area contributed by atoms with E-state index in [1.165, 1.54) is 0 Å². The Hall–Kier alpha value is -0.620. The van der Waals surface area contributed by atoms with E-state index < -0.39 is 10.0 Å². The van der Waals surface area contributed by atoms with Crippen LogP contribution in [0.4, 0.5) is 0 Å². The molecule has 1 aliphatic rings. The number of benzene rings is 1. The Balaban J connectivity index is 2.27. The van der Waals surface area contributed by atoms with Crippen LogP contribution in [0.2, 0.25) is 5.02 Å². The minimum absolute atomic E-state index is 0.214. The molecule has 0 bridgehead atoms. The molecule has 2 unspecified atom stereocenters. The molecule has 19 heavy (non-hydrogen) atoms. The Bertz CT molecular complexity index is 532. The number of piperazine rings is 1. The molecule has 6 heteroatoms. The number of hydrogen-bond acceptors (Lipinski definition) is 3. The Kier molecular flexibility index (Phi) is 4.20. The summed E-state index contributed by atoms with van der Waals surface area (Å²) in [6.45, 7) is 5.12. The lowest BCUT2D eigenvalue weighted by molar-refractivity contribution is 0.105. The zero-order valence-electron chi connectivity index (χ0n) is 11.4. The summed E-state index contributed by atoms with van der Waals surface area (Å²) in [5.74, 6) is 0. The van der Waals surface area contributed by atoms with Crippen molar-refractivity contribution in [3.8, 4) is 0 Å². The van der Waals surface area contributed by atoms with E-state index in [1.807, 2.05) is 20.9 Å². The molecule has 1 heterocycles. The zero-order valence-corrected chi connectivity index (χ0v) is 12.9. The fraction of sp³-hybridized carbons (Fsp3) is 0.538. The molecule has 1 saturated heterocycles. The van der Waals surface area contributed by atoms with Gasteiger partial charge in [-0.05, 0) is 45.2 Å². The van der Waals surface area contributed by atoms with Gasteiger partial charge in [-0.3, -0.25) is 4.90 Å². The van der Waals surface area contributed by atoms with Crippen molar-refractivity contribution in [1.29, 1.82) is 0 Å². The second kappa shape index (κ2) is 5.40. The minimum atomic E-state index is -3.42. The van der Waals surface area contributed by atoms with Crippen molar-refractivity contribution in [2.45, 2.75) is 30.8 Å². The highest BCUT2D eigenvalue weighted by atomic mass is 35.5. The van der Waals surface area contributed by atoms with Gasteiger partial charge in [0.2, 0.25) is 10.0 Å². The van der Waals surface area contributed by atoms with E-state index in [0.29, 0.717) is 23.0 Å². The van der Waals surface area contributed by atoms with Crippen LogP contribution >= 0.6 is 11.6 Å². The van der Waals surface area contributed by atoms with Gasteiger partial charge in [0.1, 0.15) is 0 Å². The maximum atomic E-state index is 12.6. The molecule has 106 valence electrons. The molecular weight excluding hydrogens is 284 g/mol. The SMILES string of the molecule is CC1CN(S(=O)(=O)c2ccc(Cl)cc2)CC(C)N1C. The first-order valence-electron chi connectivity index (χ1n) is 6.30. The summed E-state index contributed by atoms with van der Waals surface area (Å²) in [7, 11) is -1.39. The third-order valence-corrected chi connectivity index (χ3v) is 5.88. The van der Waals surface area contributed by atoms with E-state index in [2.05, 4.69) is 4.90 Å². The standard InChI is InChI=1S/C13H19ClN2O2S/c1-10-8-16(9-11(2)15(10)3)19(17,18)13-6-4-12(14)5-7-13/h4-7,10-11H,8-9H2,1-3H3. The Morgan fingerprint density at radius 3 is 2.05 bits per heavy atom. The molecule has 1 aromatic rings. The summed E-state index contributed by atoms with van der Waals surface area (Å²) >= 11 is 5.80. The quantitative estimate of drug-likeness (QED) is 0.839. The number of sulfonamides is 1. The Morgan fingerprint density at radius 1 is 1.11 bits per heavy atom. The van der Waals surface area contributed by atoms with Gasteiger partial charge in [0.05, 0.1) is 4.90 Å². The average molecular weight is 303 g/mol. The number of halogens is 1. The van der Waals surface area contributed by atoms with Crippen LogP contribution in [0.5, 0.6) is 0 Å². The van der Waals surface area contributed by atoms with Crippen molar-refractivity contribution >= 4 is 21.6 Å². The molecule has 4 nitrogen and oxygen atoms in total. The molecule has 1 fully saturated rings. The smallest absolute Gasteiger partial charge is 0.243 e. The van der Waals surface area contributed by atoms with Gasteiger partial charge < -0.3 is 0 Å².